The molecule has 0 spiro atoms. The Morgan fingerprint density at radius 3 is 2.05 bits per heavy atom. The van der Waals surface area contributed by atoms with Crippen molar-refractivity contribution in [1.29, 1.82) is 0 Å². The summed E-state index contributed by atoms with van der Waals surface area (Å²) in [5.74, 6) is 6.85. The van der Waals surface area contributed by atoms with Crippen LogP contribution in [0.2, 0.25) is 0 Å². The molecule has 136 valence electrons. The van der Waals surface area contributed by atoms with Crippen LogP contribution in [-0.4, -0.2) is 5.48 Å². The summed E-state index contributed by atoms with van der Waals surface area (Å²) in [7, 11) is 0. The molecule has 0 aromatic carbocycles. The van der Waals surface area contributed by atoms with Gasteiger partial charge in [0, 0.05) is 1.43 Å². The second-order valence-electron chi connectivity index (χ2n) is 8.35. The van der Waals surface area contributed by atoms with Gasteiger partial charge in [-0.3, -0.25) is 0 Å². The molecule has 2 saturated carbocycles. The molecule has 0 radical (unpaired) electrons. The first-order valence-electron chi connectivity index (χ1n) is 9.99. The Morgan fingerprint density at radius 2 is 1.45 bits per heavy atom. The zero-order valence-corrected chi connectivity index (χ0v) is 16.5. The molecule has 0 aliphatic heterocycles. The maximum absolute atomic E-state index is 2.52. The molecule has 0 amide bonds. The monoisotopic (exact) mass is 314 g/mol. The van der Waals surface area contributed by atoms with Crippen molar-refractivity contribution >= 4 is 0 Å². The Morgan fingerprint density at radius 1 is 0.818 bits per heavy atom. The van der Waals surface area contributed by atoms with Crippen LogP contribution in [0.1, 0.15) is 94.8 Å². The second kappa shape index (κ2) is 10.7. The third-order valence-corrected chi connectivity index (χ3v) is 6.65. The highest BCUT2D eigenvalue weighted by atomic mass is 16.0. The number of hydrogen-bond donors (Lipinski definition) is 0. The fourth-order valence-electron chi connectivity index (χ4n) is 5.03. The quantitative estimate of drug-likeness (QED) is 0.514. The summed E-state index contributed by atoms with van der Waals surface area (Å²) >= 11 is 0. The molecule has 0 aromatic rings. The summed E-state index contributed by atoms with van der Waals surface area (Å²) in [6, 6.07) is 0. The summed E-state index contributed by atoms with van der Waals surface area (Å²) in [6.45, 7) is 16.4. The molecule has 2 fully saturated rings. The minimum atomic E-state index is 0. The first-order chi connectivity index (χ1) is 9.99. The minimum absolute atomic E-state index is 0. The maximum Gasteiger partial charge on any atom is 0 e. The summed E-state index contributed by atoms with van der Waals surface area (Å²) in [6.07, 6.45) is 10.6. The molecular formula is C21H46O. The van der Waals surface area contributed by atoms with Gasteiger partial charge in [0.15, 0.2) is 0 Å². The summed E-state index contributed by atoms with van der Waals surface area (Å²) in [5.41, 5.74) is 0. The molecule has 0 saturated heterocycles. The Bertz CT molecular complexity index is 279. The van der Waals surface area contributed by atoms with E-state index in [0.29, 0.717) is 0 Å². The lowest BCUT2D eigenvalue weighted by Crippen LogP contribution is -2.35. The first kappa shape index (κ1) is 22.0. The lowest BCUT2D eigenvalue weighted by Gasteiger charge is -2.44. The van der Waals surface area contributed by atoms with E-state index in [9.17, 15) is 0 Å². The third-order valence-electron chi connectivity index (χ3n) is 6.65. The van der Waals surface area contributed by atoms with Crippen LogP contribution in [0.4, 0.5) is 0 Å². The predicted octanol–water partition coefficient (Wildman–Crippen LogP) is 6.60. The van der Waals surface area contributed by atoms with E-state index in [4.69, 9.17) is 0 Å². The molecule has 2 rings (SSSR count). The van der Waals surface area contributed by atoms with E-state index in [1.807, 2.05) is 13.8 Å². The second-order valence-corrected chi connectivity index (χ2v) is 8.35. The van der Waals surface area contributed by atoms with E-state index in [-0.39, 0.29) is 6.90 Å². The fraction of sp³-hybridized carbons (Fsp3) is 1.00. The topological polar surface area (TPSA) is 31.5 Å². The standard InChI is InChI=1S/C19H36.C2H6.H2O.H2/c1-13(2)19-12-18(11-15(4)16(19)5)17-8-6-7-14(3)9-10-17;1-2;;/h13-19H,6-12H2,1-5H3;1-2H3;1H2;1H. The molecule has 0 aromatic heterocycles. The van der Waals surface area contributed by atoms with Gasteiger partial charge in [-0.15, -0.1) is 0 Å². The number of hydrogen-bond acceptors (Lipinski definition) is 0. The van der Waals surface area contributed by atoms with Crippen molar-refractivity contribution in [2.24, 2.45) is 41.4 Å². The van der Waals surface area contributed by atoms with E-state index in [2.05, 4.69) is 34.6 Å². The van der Waals surface area contributed by atoms with E-state index in [0.717, 1.165) is 41.4 Å². The lowest BCUT2D eigenvalue weighted by atomic mass is 9.62. The van der Waals surface area contributed by atoms with Gasteiger partial charge in [-0.2, -0.15) is 0 Å². The van der Waals surface area contributed by atoms with Crippen molar-refractivity contribution in [3.63, 3.8) is 0 Å². The van der Waals surface area contributed by atoms with Crippen LogP contribution >= 0.6 is 0 Å². The highest BCUT2D eigenvalue weighted by Crippen LogP contribution is 2.46. The van der Waals surface area contributed by atoms with Gasteiger partial charge in [-0.1, -0.05) is 74.1 Å². The smallest absolute Gasteiger partial charge is 0 e. The molecule has 0 bridgehead atoms. The van der Waals surface area contributed by atoms with Crippen LogP contribution < -0.4 is 0 Å². The zero-order valence-electron chi connectivity index (χ0n) is 16.5. The van der Waals surface area contributed by atoms with Crippen LogP contribution in [0.3, 0.4) is 0 Å². The van der Waals surface area contributed by atoms with Gasteiger partial charge in [0.25, 0.3) is 0 Å². The van der Waals surface area contributed by atoms with E-state index < -0.39 is 0 Å². The van der Waals surface area contributed by atoms with Gasteiger partial charge in [-0.05, 0) is 60.7 Å². The Hall–Kier alpha value is -0.0400. The molecule has 1 heteroatoms. The van der Waals surface area contributed by atoms with Gasteiger partial charge in [0.2, 0.25) is 0 Å². The third kappa shape index (κ3) is 5.87. The van der Waals surface area contributed by atoms with Crippen molar-refractivity contribution in [3.05, 3.63) is 0 Å². The molecule has 2 N–H and O–H groups in total. The Labute approximate surface area is 142 Å². The van der Waals surface area contributed by atoms with Crippen molar-refractivity contribution in [3.8, 4) is 0 Å². The van der Waals surface area contributed by atoms with E-state index in [1.54, 1.807) is 0 Å². The van der Waals surface area contributed by atoms with Crippen molar-refractivity contribution in [1.82, 2.24) is 0 Å². The minimum Gasteiger partial charge on any atom is -0.412 e. The predicted molar refractivity (Wildman–Crippen MR) is 102 cm³/mol. The highest BCUT2D eigenvalue weighted by molar-refractivity contribution is 4.87. The average Bonchev–Trinajstić information content (AvgIpc) is 2.68. The van der Waals surface area contributed by atoms with Gasteiger partial charge in [0.1, 0.15) is 0 Å². The Balaban J connectivity index is 0. The highest BCUT2D eigenvalue weighted by Gasteiger charge is 2.37. The van der Waals surface area contributed by atoms with E-state index >= 15 is 0 Å². The molecule has 2 aliphatic rings. The van der Waals surface area contributed by atoms with Crippen LogP contribution in [0.15, 0.2) is 0 Å². The average molecular weight is 315 g/mol. The molecule has 6 atom stereocenters. The van der Waals surface area contributed by atoms with Crippen LogP contribution in [0.5, 0.6) is 0 Å². The molecule has 1 nitrogen and oxygen atoms in total. The lowest BCUT2D eigenvalue weighted by molar-refractivity contribution is 0.0613. The zero-order chi connectivity index (χ0) is 16.0. The molecular weight excluding hydrogens is 268 g/mol. The van der Waals surface area contributed by atoms with Gasteiger partial charge in [0.05, 0.1) is 0 Å². The van der Waals surface area contributed by atoms with E-state index in [1.165, 1.54) is 44.9 Å². The van der Waals surface area contributed by atoms with Crippen molar-refractivity contribution in [2.45, 2.75) is 93.4 Å². The van der Waals surface area contributed by atoms with Crippen LogP contribution in [0.25, 0.3) is 0 Å². The van der Waals surface area contributed by atoms with Gasteiger partial charge < -0.3 is 5.48 Å². The van der Waals surface area contributed by atoms with Gasteiger partial charge >= 0.3 is 0 Å². The van der Waals surface area contributed by atoms with Crippen LogP contribution in [0, 0.1) is 41.4 Å². The molecule has 2 aliphatic carbocycles. The van der Waals surface area contributed by atoms with Crippen molar-refractivity contribution < 1.29 is 6.90 Å². The Kier molecular flexibility index (Phi) is 10.7. The van der Waals surface area contributed by atoms with Crippen molar-refractivity contribution in [2.75, 3.05) is 0 Å². The summed E-state index contributed by atoms with van der Waals surface area (Å²) in [4.78, 5) is 0. The van der Waals surface area contributed by atoms with Crippen LogP contribution in [-0.2, 0) is 0 Å². The molecule has 22 heavy (non-hydrogen) atoms. The summed E-state index contributed by atoms with van der Waals surface area (Å²) in [5, 5.41) is 0. The summed E-state index contributed by atoms with van der Waals surface area (Å²) < 4.78 is 0. The maximum atomic E-state index is 2.52. The SMILES string of the molecule is CC.CC1CCCC(C2CC(C)C(C)C(C(C)C)C2)CC1.O.[HH]. The first-order valence-corrected chi connectivity index (χ1v) is 9.99. The molecule has 6 unspecified atom stereocenters. The number of rotatable bonds is 2. The largest absolute Gasteiger partial charge is 0.412 e. The molecule has 0 heterocycles. The van der Waals surface area contributed by atoms with Gasteiger partial charge in [-0.25, -0.2) is 0 Å². The fourth-order valence-corrected chi connectivity index (χ4v) is 5.03. The normalized spacial score (nSPS) is 39.3.